The average Bonchev–Trinajstić information content (AvgIpc) is 2.72. The molecular weight excluding hydrogens is 417 g/mol. The molecule has 0 spiro atoms. The fraction of sp³-hybridized carbons (Fsp3) is 0. The second-order valence-electron chi connectivity index (χ2n) is 5.63. The first-order chi connectivity index (χ1) is 14.0. The van der Waals surface area contributed by atoms with Gasteiger partial charge in [0.05, 0.1) is 10.6 Å². The summed E-state index contributed by atoms with van der Waals surface area (Å²) in [7, 11) is 0. The molecule has 148 valence electrons. The highest BCUT2D eigenvalue weighted by atomic mass is 35.5. The summed E-state index contributed by atoms with van der Waals surface area (Å²) in [6.07, 6.45) is 1.20. The van der Waals surface area contributed by atoms with E-state index in [1.165, 1.54) is 12.4 Å². The van der Waals surface area contributed by atoms with E-state index in [4.69, 9.17) is 28.9 Å². The Morgan fingerprint density at radius 3 is 2.17 bits per heavy atom. The van der Waals surface area contributed by atoms with Crippen molar-refractivity contribution in [1.82, 2.24) is 20.8 Å². The quantitative estimate of drug-likeness (QED) is 0.378. The highest BCUT2D eigenvalue weighted by molar-refractivity contribution is 6.33. The van der Waals surface area contributed by atoms with Crippen LogP contribution in [0.5, 0.6) is 0 Å². The zero-order valence-corrected chi connectivity index (χ0v) is 16.3. The number of nitrogens with two attached hydrogens (primary N) is 1. The van der Waals surface area contributed by atoms with E-state index in [-0.39, 0.29) is 22.9 Å². The van der Waals surface area contributed by atoms with E-state index >= 15 is 0 Å². The van der Waals surface area contributed by atoms with Crippen LogP contribution < -0.4 is 27.4 Å². The maximum absolute atomic E-state index is 12.2. The molecule has 1 heterocycles. The van der Waals surface area contributed by atoms with Gasteiger partial charge in [-0.2, -0.15) is 0 Å². The van der Waals surface area contributed by atoms with E-state index in [1.807, 2.05) is 0 Å². The first kappa shape index (κ1) is 20.2. The van der Waals surface area contributed by atoms with E-state index in [9.17, 15) is 9.59 Å². The topological polar surface area (TPSA) is 134 Å². The molecule has 0 radical (unpaired) electrons. The van der Waals surface area contributed by atoms with Gasteiger partial charge in [0.2, 0.25) is 0 Å². The molecule has 0 aliphatic carbocycles. The number of aromatic nitrogens is 2. The lowest BCUT2D eigenvalue weighted by atomic mass is 10.2. The van der Waals surface area contributed by atoms with Crippen molar-refractivity contribution in [3.63, 3.8) is 0 Å². The summed E-state index contributed by atoms with van der Waals surface area (Å²) in [6.45, 7) is 0. The second kappa shape index (κ2) is 9.09. The number of rotatable bonds is 6. The Balaban J connectivity index is 1.64. The summed E-state index contributed by atoms with van der Waals surface area (Å²) in [5.41, 5.74) is 16.8. The Morgan fingerprint density at radius 2 is 1.52 bits per heavy atom. The van der Waals surface area contributed by atoms with Crippen LogP contribution in [0.3, 0.4) is 0 Å². The van der Waals surface area contributed by atoms with Gasteiger partial charge in [-0.15, -0.1) is 0 Å². The molecule has 0 saturated heterocycles. The van der Waals surface area contributed by atoms with Gasteiger partial charge in [0.1, 0.15) is 12.0 Å². The van der Waals surface area contributed by atoms with E-state index in [0.717, 1.165) is 0 Å². The molecule has 0 atom stereocenters. The summed E-state index contributed by atoms with van der Waals surface area (Å²) in [5, 5.41) is 0.730. The van der Waals surface area contributed by atoms with Gasteiger partial charge in [0.15, 0.2) is 11.6 Å². The molecule has 3 rings (SSSR count). The molecule has 0 saturated carbocycles. The normalized spacial score (nSPS) is 10.1. The van der Waals surface area contributed by atoms with E-state index < -0.39 is 11.8 Å². The molecule has 0 fully saturated rings. The lowest BCUT2D eigenvalue weighted by molar-refractivity contribution is 0.0954. The molecule has 3 aromatic rings. The summed E-state index contributed by atoms with van der Waals surface area (Å²) in [6, 6.07) is 13.0. The highest BCUT2D eigenvalue weighted by Crippen LogP contribution is 2.21. The Hall–Kier alpha value is -3.56. The monoisotopic (exact) mass is 431 g/mol. The number of nitrogen functional groups attached to an aromatic ring is 1. The number of hydrogen-bond acceptors (Lipinski definition) is 7. The Labute approximate surface area is 175 Å². The largest absolute Gasteiger partial charge is 0.393 e. The number of hydrogen-bond donors (Lipinski definition) is 5. The number of amides is 2. The number of benzene rings is 2. The summed E-state index contributed by atoms with van der Waals surface area (Å²) < 4.78 is 0. The van der Waals surface area contributed by atoms with Crippen molar-refractivity contribution >= 4 is 52.3 Å². The molecule has 29 heavy (non-hydrogen) atoms. The molecule has 9 nitrogen and oxygen atoms in total. The van der Waals surface area contributed by atoms with Gasteiger partial charge in [-0.1, -0.05) is 41.4 Å². The first-order valence-corrected chi connectivity index (χ1v) is 8.94. The fourth-order valence-corrected chi connectivity index (χ4v) is 2.65. The number of carbonyl (C=O) groups excluding carboxylic acids is 2. The number of nitrogens with zero attached hydrogens (tertiary/aromatic N) is 2. The molecular formula is C18H15Cl2N7O2. The van der Waals surface area contributed by atoms with Crippen LogP contribution in [0.1, 0.15) is 20.7 Å². The zero-order chi connectivity index (χ0) is 20.8. The van der Waals surface area contributed by atoms with Crippen molar-refractivity contribution in [3.8, 4) is 0 Å². The third-order valence-electron chi connectivity index (χ3n) is 3.68. The minimum absolute atomic E-state index is 0.0679. The third kappa shape index (κ3) is 5.03. The summed E-state index contributed by atoms with van der Waals surface area (Å²) >= 11 is 11.9. The van der Waals surface area contributed by atoms with Crippen LogP contribution in [0.2, 0.25) is 10.0 Å². The van der Waals surface area contributed by atoms with Crippen LogP contribution in [0.25, 0.3) is 0 Å². The van der Waals surface area contributed by atoms with Gasteiger partial charge in [-0.25, -0.2) is 9.97 Å². The van der Waals surface area contributed by atoms with Crippen molar-refractivity contribution in [2.75, 3.05) is 16.6 Å². The minimum Gasteiger partial charge on any atom is -0.393 e. The van der Waals surface area contributed by atoms with Crippen molar-refractivity contribution in [2.24, 2.45) is 0 Å². The van der Waals surface area contributed by atoms with Gasteiger partial charge in [-0.3, -0.25) is 31.3 Å². The molecule has 6 N–H and O–H groups in total. The van der Waals surface area contributed by atoms with Crippen LogP contribution in [0.15, 0.2) is 54.9 Å². The summed E-state index contributed by atoms with van der Waals surface area (Å²) in [4.78, 5) is 32.3. The Kier molecular flexibility index (Phi) is 6.32. The molecule has 2 amide bonds. The molecule has 11 heteroatoms. The first-order valence-electron chi connectivity index (χ1n) is 8.19. The van der Waals surface area contributed by atoms with Crippen LogP contribution in [-0.2, 0) is 0 Å². The number of halogens is 2. The second-order valence-corrected chi connectivity index (χ2v) is 6.48. The zero-order valence-electron chi connectivity index (χ0n) is 14.7. The van der Waals surface area contributed by atoms with Crippen molar-refractivity contribution in [2.45, 2.75) is 0 Å². The van der Waals surface area contributed by atoms with Gasteiger partial charge >= 0.3 is 0 Å². The molecule has 0 bridgehead atoms. The van der Waals surface area contributed by atoms with Gasteiger partial charge in [0, 0.05) is 10.6 Å². The number of anilines is 3. The van der Waals surface area contributed by atoms with E-state index in [2.05, 4.69) is 31.7 Å². The van der Waals surface area contributed by atoms with Crippen LogP contribution in [0.4, 0.5) is 17.3 Å². The molecule has 0 unspecified atom stereocenters. The maximum Gasteiger partial charge on any atom is 0.271 e. The van der Waals surface area contributed by atoms with Gasteiger partial charge in [-0.05, 0) is 30.3 Å². The molecule has 1 aromatic heterocycles. The van der Waals surface area contributed by atoms with Gasteiger partial charge in [0.25, 0.3) is 11.8 Å². The number of carbonyl (C=O) groups is 2. The molecule has 0 aliphatic rings. The van der Waals surface area contributed by atoms with Crippen LogP contribution in [-0.4, -0.2) is 21.8 Å². The smallest absolute Gasteiger partial charge is 0.271 e. The average molecular weight is 432 g/mol. The lowest BCUT2D eigenvalue weighted by Crippen LogP contribution is -2.32. The fourth-order valence-electron chi connectivity index (χ4n) is 2.24. The summed E-state index contributed by atoms with van der Waals surface area (Å²) in [5.74, 6) is -0.658. The SMILES string of the molecule is Nc1c(NNC(=O)c2cccc(Cl)c2)ncnc1NNC(=O)c1ccccc1Cl. The standard InChI is InChI=1S/C18H15Cl2N7O2/c19-11-5-3-4-10(8-11)17(28)26-24-15-14(21)16(23-9-22-15)25-27-18(29)12-6-1-2-7-13(12)20/h1-9H,21H2,(H,26,28)(H,27,29)(H2,22,23,24,25). The number of hydrazine groups is 2. The minimum atomic E-state index is -0.475. The molecule has 0 aliphatic heterocycles. The van der Waals surface area contributed by atoms with Crippen molar-refractivity contribution in [1.29, 1.82) is 0 Å². The van der Waals surface area contributed by atoms with E-state index in [1.54, 1.807) is 42.5 Å². The van der Waals surface area contributed by atoms with E-state index in [0.29, 0.717) is 15.6 Å². The van der Waals surface area contributed by atoms with Gasteiger partial charge < -0.3 is 5.73 Å². The maximum atomic E-state index is 12.2. The van der Waals surface area contributed by atoms with Crippen LogP contribution >= 0.6 is 23.2 Å². The van der Waals surface area contributed by atoms with Crippen LogP contribution in [0, 0.1) is 0 Å². The Morgan fingerprint density at radius 1 is 0.862 bits per heavy atom. The lowest BCUT2D eigenvalue weighted by Gasteiger charge is -2.14. The number of nitrogens with one attached hydrogen (secondary N) is 4. The van der Waals surface area contributed by atoms with Crippen molar-refractivity contribution < 1.29 is 9.59 Å². The Bertz CT molecular complexity index is 1060. The third-order valence-corrected chi connectivity index (χ3v) is 4.24. The highest BCUT2D eigenvalue weighted by Gasteiger charge is 2.13. The van der Waals surface area contributed by atoms with Crippen molar-refractivity contribution in [3.05, 3.63) is 76.0 Å². The predicted octanol–water partition coefficient (Wildman–Crippen LogP) is 2.88. The predicted molar refractivity (Wildman–Crippen MR) is 112 cm³/mol. The molecule has 2 aromatic carbocycles.